The molecule has 0 aromatic heterocycles. The van der Waals surface area contributed by atoms with E-state index in [9.17, 15) is 9.18 Å². The van der Waals surface area contributed by atoms with Gasteiger partial charge in [-0.15, -0.1) is 0 Å². The van der Waals surface area contributed by atoms with Gasteiger partial charge < -0.3 is 5.32 Å². The summed E-state index contributed by atoms with van der Waals surface area (Å²) in [5.41, 5.74) is 3.07. The number of carbonyl (C=O) groups excluding carboxylic acids is 1. The van der Waals surface area contributed by atoms with E-state index >= 15 is 0 Å². The molecular weight excluding hydrogens is 265 g/mol. The van der Waals surface area contributed by atoms with Crippen LogP contribution in [0.4, 0.5) is 10.1 Å². The van der Waals surface area contributed by atoms with Gasteiger partial charge >= 0.3 is 0 Å². The zero-order valence-corrected chi connectivity index (χ0v) is 11.4. The zero-order valence-electron chi connectivity index (χ0n) is 10.6. The van der Waals surface area contributed by atoms with Gasteiger partial charge in [-0.25, -0.2) is 4.39 Å². The van der Waals surface area contributed by atoms with Crippen LogP contribution in [0.25, 0.3) is 0 Å². The van der Waals surface area contributed by atoms with E-state index in [4.69, 9.17) is 11.6 Å². The van der Waals surface area contributed by atoms with Crippen LogP contribution >= 0.6 is 11.6 Å². The number of rotatable bonds is 2. The van der Waals surface area contributed by atoms with Crippen molar-refractivity contribution in [1.29, 1.82) is 0 Å². The summed E-state index contributed by atoms with van der Waals surface area (Å²) in [5.74, 6) is -0.749. The number of hydrogen-bond acceptors (Lipinski definition) is 1. The average molecular weight is 278 g/mol. The summed E-state index contributed by atoms with van der Waals surface area (Å²) in [5, 5.41) is 2.68. The maximum atomic E-state index is 13.0. The third-order valence-corrected chi connectivity index (χ3v) is 2.95. The Hall–Kier alpha value is -1.87. The Balaban J connectivity index is 2.22. The van der Waals surface area contributed by atoms with Crippen molar-refractivity contribution >= 4 is 23.2 Å². The molecule has 98 valence electrons. The average Bonchev–Trinajstić information content (AvgIpc) is 2.32. The molecule has 2 rings (SSSR count). The van der Waals surface area contributed by atoms with Crippen molar-refractivity contribution in [2.75, 3.05) is 5.32 Å². The molecule has 2 nitrogen and oxygen atoms in total. The molecule has 2 aromatic rings. The van der Waals surface area contributed by atoms with Crippen molar-refractivity contribution in [3.63, 3.8) is 0 Å². The highest BCUT2D eigenvalue weighted by Crippen LogP contribution is 2.20. The highest BCUT2D eigenvalue weighted by Gasteiger charge is 2.08. The number of halogens is 2. The lowest BCUT2D eigenvalue weighted by Gasteiger charge is -2.07. The van der Waals surface area contributed by atoms with Crippen LogP contribution in [-0.4, -0.2) is 5.91 Å². The molecule has 1 N–H and O–H groups in total. The van der Waals surface area contributed by atoms with E-state index in [1.807, 2.05) is 19.9 Å². The van der Waals surface area contributed by atoms with E-state index in [0.717, 1.165) is 11.1 Å². The second kappa shape index (κ2) is 5.41. The first-order valence-corrected chi connectivity index (χ1v) is 6.18. The molecule has 0 bridgehead atoms. The standard InChI is InChI=1S/C15H13ClFNO/c1-9-5-10(2)7-11(6-9)15(19)18-12-3-4-14(17)13(16)8-12/h3-8H,1-2H3,(H,18,19). The number of hydrogen-bond donors (Lipinski definition) is 1. The molecule has 0 radical (unpaired) electrons. The minimum Gasteiger partial charge on any atom is -0.322 e. The number of amides is 1. The van der Waals surface area contributed by atoms with Crippen LogP contribution in [0.3, 0.4) is 0 Å². The largest absolute Gasteiger partial charge is 0.322 e. The van der Waals surface area contributed by atoms with Crippen LogP contribution in [0.2, 0.25) is 5.02 Å². The summed E-state index contributed by atoms with van der Waals surface area (Å²) in [6.45, 7) is 3.86. The van der Waals surface area contributed by atoms with Crippen molar-refractivity contribution in [2.45, 2.75) is 13.8 Å². The summed E-state index contributed by atoms with van der Waals surface area (Å²) in [7, 11) is 0. The van der Waals surface area contributed by atoms with Gasteiger partial charge in [-0.2, -0.15) is 0 Å². The Morgan fingerprint density at radius 3 is 2.32 bits per heavy atom. The molecule has 2 aromatic carbocycles. The molecule has 0 fully saturated rings. The Bertz CT molecular complexity index is 620. The first-order chi connectivity index (χ1) is 8.95. The first kappa shape index (κ1) is 13.6. The van der Waals surface area contributed by atoms with Crippen LogP contribution in [0.1, 0.15) is 21.5 Å². The fourth-order valence-corrected chi connectivity index (χ4v) is 2.06. The second-order valence-electron chi connectivity index (χ2n) is 4.46. The van der Waals surface area contributed by atoms with Crippen molar-refractivity contribution in [3.8, 4) is 0 Å². The van der Waals surface area contributed by atoms with Gasteiger partial charge in [0, 0.05) is 11.3 Å². The smallest absolute Gasteiger partial charge is 0.255 e. The summed E-state index contributed by atoms with van der Waals surface area (Å²) >= 11 is 5.67. The molecular formula is C15H13ClFNO. The quantitative estimate of drug-likeness (QED) is 0.869. The predicted molar refractivity (Wildman–Crippen MR) is 75.3 cm³/mol. The SMILES string of the molecule is Cc1cc(C)cc(C(=O)Nc2ccc(F)c(Cl)c2)c1. The summed E-state index contributed by atoms with van der Waals surface area (Å²) in [6.07, 6.45) is 0. The van der Waals surface area contributed by atoms with E-state index in [0.29, 0.717) is 11.3 Å². The van der Waals surface area contributed by atoms with Crippen molar-refractivity contribution in [2.24, 2.45) is 0 Å². The lowest BCUT2D eigenvalue weighted by molar-refractivity contribution is 0.102. The van der Waals surface area contributed by atoms with Gasteiger partial charge in [0.2, 0.25) is 0 Å². The number of aryl methyl sites for hydroxylation is 2. The van der Waals surface area contributed by atoms with Crippen LogP contribution < -0.4 is 5.32 Å². The zero-order chi connectivity index (χ0) is 14.0. The lowest BCUT2D eigenvalue weighted by Crippen LogP contribution is -2.12. The molecule has 0 spiro atoms. The van der Waals surface area contributed by atoms with Gasteiger partial charge in [0.25, 0.3) is 5.91 Å². The van der Waals surface area contributed by atoms with E-state index in [1.54, 1.807) is 12.1 Å². The van der Waals surface area contributed by atoms with Crippen molar-refractivity contribution < 1.29 is 9.18 Å². The summed E-state index contributed by atoms with van der Waals surface area (Å²) in [4.78, 5) is 12.1. The second-order valence-corrected chi connectivity index (χ2v) is 4.87. The van der Waals surface area contributed by atoms with Crippen LogP contribution in [0, 0.1) is 19.7 Å². The van der Waals surface area contributed by atoms with Gasteiger partial charge in [0.1, 0.15) is 5.82 Å². The Morgan fingerprint density at radius 1 is 1.11 bits per heavy atom. The molecule has 4 heteroatoms. The van der Waals surface area contributed by atoms with Crippen LogP contribution in [0.15, 0.2) is 36.4 Å². The highest BCUT2D eigenvalue weighted by molar-refractivity contribution is 6.31. The number of anilines is 1. The van der Waals surface area contributed by atoms with Crippen LogP contribution in [0.5, 0.6) is 0 Å². The van der Waals surface area contributed by atoms with Gasteiger partial charge in [-0.1, -0.05) is 28.8 Å². The first-order valence-electron chi connectivity index (χ1n) is 5.80. The van der Waals surface area contributed by atoms with Crippen molar-refractivity contribution in [1.82, 2.24) is 0 Å². The summed E-state index contributed by atoms with van der Waals surface area (Å²) in [6, 6.07) is 9.67. The Morgan fingerprint density at radius 2 is 1.74 bits per heavy atom. The molecule has 0 unspecified atom stereocenters. The van der Waals surface area contributed by atoms with E-state index in [2.05, 4.69) is 5.32 Å². The summed E-state index contributed by atoms with van der Waals surface area (Å²) < 4.78 is 13.0. The number of carbonyl (C=O) groups is 1. The molecule has 0 aliphatic rings. The number of benzene rings is 2. The molecule has 0 heterocycles. The third-order valence-electron chi connectivity index (χ3n) is 2.66. The Labute approximate surface area is 116 Å². The topological polar surface area (TPSA) is 29.1 Å². The molecule has 19 heavy (non-hydrogen) atoms. The molecule has 0 aliphatic carbocycles. The number of nitrogens with one attached hydrogen (secondary N) is 1. The monoisotopic (exact) mass is 277 g/mol. The molecule has 0 atom stereocenters. The molecule has 0 saturated heterocycles. The molecule has 0 aliphatic heterocycles. The van der Waals surface area contributed by atoms with E-state index < -0.39 is 5.82 Å². The minimum absolute atomic E-state index is 0.0155. The molecule has 0 saturated carbocycles. The normalized spacial score (nSPS) is 10.3. The highest BCUT2D eigenvalue weighted by atomic mass is 35.5. The minimum atomic E-state index is -0.508. The van der Waals surface area contributed by atoms with Gasteiger partial charge in [0.15, 0.2) is 0 Å². The van der Waals surface area contributed by atoms with Crippen molar-refractivity contribution in [3.05, 3.63) is 63.9 Å². The van der Waals surface area contributed by atoms with E-state index in [1.165, 1.54) is 18.2 Å². The molecule has 1 amide bonds. The van der Waals surface area contributed by atoms with Gasteiger partial charge in [-0.05, 0) is 44.2 Å². The fraction of sp³-hybridized carbons (Fsp3) is 0.133. The van der Waals surface area contributed by atoms with Crippen LogP contribution in [-0.2, 0) is 0 Å². The predicted octanol–water partition coefficient (Wildman–Crippen LogP) is 4.35. The third kappa shape index (κ3) is 3.32. The van der Waals surface area contributed by atoms with Gasteiger partial charge in [-0.3, -0.25) is 4.79 Å². The van der Waals surface area contributed by atoms with Gasteiger partial charge in [0.05, 0.1) is 5.02 Å². The maximum Gasteiger partial charge on any atom is 0.255 e. The fourth-order valence-electron chi connectivity index (χ4n) is 1.88. The lowest BCUT2D eigenvalue weighted by atomic mass is 10.1. The van der Waals surface area contributed by atoms with E-state index in [-0.39, 0.29) is 10.9 Å². The maximum absolute atomic E-state index is 13.0. The Kier molecular flexibility index (Phi) is 3.86.